The Kier molecular flexibility index (Phi) is 5.91. The largest absolute Gasteiger partial charge is 0.490 e. The van der Waals surface area contributed by atoms with E-state index in [0.29, 0.717) is 30.7 Å². The Labute approximate surface area is 194 Å². The van der Waals surface area contributed by atoms with E-state index >= 15 is 0 Å². The molecule has 4 aromatic rings. The summed E-state index contributed by atoms with van der Waals surface area (Å²) < 4.78 is 24.6. The molecule has 164 valence electrons. The number of nitrogens with one attached hydrogen (secondary N) is 1. The quantitative estimate of drug-likeness (QED) is 0.400. The van der Waals surface area contributed by atoms with Crippen LogP contribution in [0, 0.1) is 5.82 Å². The molecule has 2 aromatic carbocycles. The van der Waals surface area contributed by atoms with Crippen molar-refractivity contribution in [3.8, 4) is 11.4 Å². The summed E-state index contributed by atoms with van der Waals surface area (Å²) in [6.45, 7) is 2.69. The molecule has 0 spiro atoms. The maximum Gasteiger partial charge on any atom is 0.232 e. The van der Waals surface area contributed by atoms with Gasteiger partial charge in [-0.15, -0.1) is 0 Å². The van der Waals surface area contributed by atoms with Crippen molar-refractivity contribution in [1.29, 1.82) is 0 Å². The molecule has 3 heterocycles. The number of rotatable bonds is 5. The van der Waals surface area contributed by atoms with Crippen LogP contribution in [0.3, 0.4) is 0 Å². The monoisotopic (exact) mass is 469 g/mol. The molecule has 0 atom stereocenters. The van der Waals surface area contributed by atoms with Crippen molar-refractivity contribution in [2.75, 3.05) is 24.1 Å². The van der Waals surface area contributed by atoms with Crippen molar-refractivity contribution in [2.24, 2.45) is 0 Å². The van der Waals surface area contributed by atoms with Crippen LogP contribution in [0.2, 0.25) is 5.02 Å². The van der Waals surface area contributed by atoms with Gasteiger partial charge in [0.05, 0.1) is 10.5 Å². The second-order valence-electron chi connectivity index (χ2n) is 7.58. The van der Waals surface area contributed by atoms with E-state index in [1.165, 1.54) is 24.1 Å². The molecule has 6 nitrogen and oxygen atoms in total. The first-order valence-corrected chi connectivity index (χ1v) is 11.8. The molecular weight excluding hydrogens is 449 g/mol. The molecule has 5 rings (SSSR count). The van der Waals surface area contributed by atoms with Crippen LogP contribution in [0.5, 0.6) is 5.75 Å². The lowest BCUT2D eigenvalue weighted by Gasteiger charge is -2.19. The molecule has 0 saturated carbocycles. The molecule has 32 heavy (non-hydrogen) atoms. The number of aromatic nitrogens is 3. The van der Waals surface area contributed by atoms with Crippen LogP contribution in [-0.4, -0.2) is 38.8 Å². The highest BCUT2D eigenvalue weighted by atomic mass is 35.5. The van der Waals surface area contributed by atoms with Crippen molar-refractivity contribution >= 4 is 40.4 Å². The minimum absolute atomic E-state index is 0.250. The van der Waals surface area contributed by atoms with E-state index < -0.39 is 0 Å². The third-order valence-electron chi connectivity index (χ3n) is 5.39. The fraction of sp³-hybridized carbons (Fsp3) is 0.217. The summed E-state index contributed by atoms with van der Waals surface area (Å²) in [5.74, 6) is 1.07. The normalized spacial score (nSPS) is 14.1. The molecule has 0 saturated heterocycles. The van der Waals surface area contributed by atoms with Gasteiger partial charge < -0.3 is 9.30 Å². The Hall–Kier alpha value is -2.81. The minimum atomic E-state index is -0.250. The number of hydrogen-bond acceptors (Lipinski definition) is 6. The van der Waals surface area contributed by atoms with Gasteiger partial charge in [0.15, 0.2) is 0 Å². The smallest absolute Gasteiger partial charge is 0.232 e. The predicted molar refractivity (Wildman–Crippen MR) is 127 cm³/mol. The summed E-state index contributed by atoms with van der Waals surface area (Å²) in [5, 5.41) is 1.41. The van der Waals surface area contributed by atoms with E-state index in [1.807, 2.05) is 41.5 Å². The van der Waals surface area contributed by atoms with Gasteiger partial charge in [0.1, 0.15) is 18.2 Å². The van der Waals surface area contributed by atoms with Crippen molar-refractivity contribution < 1.29 is 9.13 Å². The molecule has 1 aliphatic heterocycles. The standard InChI is InChI=1S/C23H21ClFN5OS/c1-32-28-23-26-11-15(12-27-23)13-29-6-7-31-22-17(14-29)9-19(10-20(22)24)30-5-4-16-8-18(25)2-3-21(16)30/h2-5,8-12H,6-7,13-14H2,1H3,(H,26,27,28). The summed E-state index contributed by atoms with van der Waals surface area (Å²) in [7, 11) is 0. The van der Waals surface area contributed by atoms with Gasteiger partial charge in [-0.3, -0.25) is 9.62 Å². The Bertz CT molecular complexity index is 1260. The number of nitrogens with zero attached hydrogens (tertiary/aromatic N) is 4. The molecule has 0 unspecified atom stereocenters. The van der Waals surface area contributed by atoms with E-state index in [1.54, 1.807) is 6.07 Å². The predicted octanol–water partition coefficient (Wildman–Crippen LogP) is 5.30. The summed E-state index contributed by atoms with van der Waals surface area (Å²) in [5.41, 5.74) is 3.87. The van der Waals surface area contributed by atoms with E-state index in [9.17, 15) is 4.39 Å². The van der Waals surface area contributed by atoms with Gasteiger partial charge in [0.2, 0.25) is 5.95 Å². The fourth-order valence-electron chi connectivity index (χ4n) is 3.96. The molecular formula is C23H21ClFN5OS. The molecule has 0 aliphatic carbocycles. The van der Waals surface area contributed by atoms with Gasteiger partial charge in [0, 0.05) is 66.7 Å². The second kappa shape index (κ2) is 8.97. The third-order valence-corrected chi connectivity index (χ3v) is 6.06. The van der Waals surface area contributed by atoms with Crippen LogP contribution in [-0.2, 0) is 13.1 Å². The van der Waals surface area contributed by atoms with Crippen LogP contribution in [0.4, 0.5) is 10.3 Å². The van der Waals surface area contributed by atoms with Crippen LogP contribution >= 0.6 is 23.5 Å². The van der Waals surface area contributed by atoms with E-state index in [0.717, 1.165) is 40.0 Å². The fourth-order valence-corrected chi connectivity index (χ4v) is 4.54. The Morgan fingerprint density at radius 1 is 1.19 bits per heavy atom. The van der Waals surface area contributed by atoms with Gasteiger partial charge >= 0.3 is 0 Å². The molecule has 0 bridgehead atoms. The zero-order valence-electron chi connectivity index (χ0n) is 17.4. The zero-order chi connectivity index (χ0) is 22.1. The Morgan fingerprint density at radius 3 is 2.84 bits per heavy atom. The van der Waals surface area contributed by atoms with Crippen molar-refractivity contribution in [1.82, 2.24) is 19.4 Å². The molecule has 1 N–H and O–H groups in total. The van der Waals surface area contributed by atoms with Crippen LogP contribution in [0.15, 0.2) is 55.0 Å². The topological polar surface area (TPSA) is 55.2 Å². The number of anilines is 1. The number of hydrogen-bond donors (Lipinski definition) is 1. The lowest BCUT2D eigenvalue weighted by molar-refractivity contribution is 0.219. The average Bonchev–Trinajstić information content (AvgIpc) is 3.08. The van der Waals surface area contributed by atoms with Crippen LogP contribution < -0.4 is 9.46 Å². The summed E-state index contributed by atoms with van der Waals surface area (Å²) >= 11 is 8.08. The van der Waals surface area contributed by atoms with Crippen molar-refractivity contribution in [2.45, 2.75) is 13.1 Å². The third kappa shape index (κ3) is 4.26. The Morgan fingerprint density at radius 2 is 2.03 bits per heavy atom. The zero-order valence-corrected chi connectivity index (χ0v) is 19.0. The van der Waals surface area contributed by atoms with Gasteiger partial charge in [-0.05, 0) is 36.4 Å². The molecule has 2 aromatic heterocycles. The molecule has 9 heteroatoms. The van der Waals surface area contributed by atoms with Crippen LogP contribution in [0.1, 0.15) is 11.1 Å². The average molecular weight is 470 g/mol. The number of halogens is 2. The maximum absolute atomic E-state index is 13.6. The van der Waals surface area contributed by atoms with Gasteiger partial charge in [-0.1, -0.05) is 23.5 Å². The maximum atomic E-state index is 13.6. The SMILES string of the molecule is CSNc1ncc(CN2CCOc3c(Cl)cc(-n4ccc5cc(F)ccc54)cc3C2)cn1. The van der Waals surface area contributed by atoms with Gasteiger partial charge in [-0.2, -0.15) is 0 Å². The Balaban J connectivity index is 1.43. The second-order valence-corrected chi connectivity index (χ2v) is 8.60. The molecule has 0 fully saturated rings. The van der Waals surface area contributed by atoms with E-state index in [-0.39, 0.29) is 5.82 Å². The van der Waals surface area contributed by atoms with E-state index in [2.05, 4.69) is 25.7 Å². The van der Waals surface area contributed by atoms with Gasteiger partial charge in [0.25, 0.3) is 0 Å². The lowest BCUT2D eigenvalue weighted by Crippen LogP contribution is -2.25. The van der Waals surface area contributed by atoms with Gasteiger partial charge in [-0.25, -0.2) is 14.4 Å². The number of benzene rings is 2. The summed E-state index contributed by atoms with van der Waals surface area (Å²) in [6, 6.07) is 10.7. The first-order chi connectivity index (χ1) is 15.6. The van der Waals surface area contributed by atoms with E-state index in [4.69, 9.17) is 16.3 Å². The summed E-state index contributed by atoms with van der Waals surface area (Å²) in [6.07, 6.45) is 7.54. The molecule has 1 aliphatic rings. The molecule has 0 radical (unpaired) electrons. The first-order valence-electron chi connectivity index (χ1n) is 10.2. The summed E-state index contributed by atoms with van der Waals surface area (Å²) in [4.78, 5) is 11.0. The molecule has 0 amide bonds. The van der Waals surface area contributed by atoms with Crippen molar-refractivity contribution in [3.05, 3.63) is 77.0 Å². The minimum Gasteiger partial charge on any atom is -0.490 e. The lowest BCUT2D eigenvalue weighted by atomic mass is 10.1. The highest BCUT2D eigenvalue weighted by Crippen LogP contribution is 2.35. The first kappa shape index (κ1) is 21.1. The highest BCUT2D eigenvalue weighted by Gasteiger charge is 2.20. The van der Waals surface area contributed by atoms with Crippen molar-refractivity contribution in [3.63, 3.8) is 0 Å². The number of fused-ring (bicyclic) bond motifs is 2. The number of ether oxygens (including phenoxy) is 1. The highest BCUT2D eigenvalue weighted by molar-refractivity contribution is 7.99. The van der Waals surface area contributed by atoms with Crippen LogP contribution in [0.25, 0.3) is 16.6 Å².